The minimum Gasteiger partial charge on any atom is -0.478 e. The Morgan fingerprint density at radius 3 is 2.55 bits per heavy atom. The van der Waals surface area contributed by atoms with Gasteiger partial charge in [0.2, 0.25) is 10.0 Å². The molecule has 0 aromatic heterocycles. The van der Waals surface area contributed by atoms with Gasteiger partial charge >= 0.3 is 0 Å². The number of hydrogen-bond acceptors (Lipinski definition) is 5. The molecule has 2 aromatic carbocycles. The number of carbonyl (C=O) groups excluding carboxylic acids is 2. The van der Waals surface area contributed by atoms with Crippen LogP contribution >= 0.6 is 11.6 Å². The minimum absolute atomic E-state index is 0.0657. The summed E-state index contributed by atoms with van der Waals surface area (Å²) in [5.41, 5.74) is 0.736. The van der Waals surface area contributed by atoms with Crippen LogP contribution in [0.3, 0.4) is 0 Å². The number of anilines is 1. The molecule has 0 bridgehead atoms. The molecule has 2 aliphatic heterocycles. The summed E-state index contributed by atoms with van der Waals surface area (Å²) in [5, 5.41) is 3.08. The third kappa shape index (κ3) is 4.13. The van der Waals surface area contributed by atoms with E-state index in [0.29, 0.717) is 28.4 Å². The van der Waals surface area contributed by atoms with Crippen molar-refractivity contribution in [1.82, 2.24) is 9.21 Å². The summed E-state index contributed by atoms with van der Waals surface area (Å²) in [6, 6.07) is 11.2. The number of hydrogen-bond donors (Lipinski definition) is 1. The quantitative estimate of drug-likeness (QED) is 0.751. The third-order valence-corrected chi connectivity index (χ3v) is 7.63. The van der Waals surface area contributed by atoms with Gasteiger partial charge in [-0.3, -0.25) is 9.59 Å². The monoisotopic (exact) mass is 463 g/mol. The van der Waals surface area contributed by atoms with E-state index in [2.05, 4.69) is 5.32 Å². The van der Waals surface area contributed by atoms with Crippen molar-refractivity contribution in [1.29, 1.82) is 0 Å². The molecule has 8 nitrogen and oxygen atoms in total. The van der Waals surface area contributed by atoms with Crippen LogP contribution in [-0.2, 0) is 14.8 Å². The molecule has 0 unspecified atom stereocenters. The van der Waals surface area contributed by atoms with Gasteiger partial charge in [-0.15, -0.1) is 0 Å². The molecule has 1 N–H and O–H groups in total. The van der Waals surface area contributed by atoms with Gasteiger partial charge in [-0.05, 0) is 36.8 Å². The molecule has 31 heavy (non-hydrogen) atoms. The Balaban J connectivity index is 1.47. The molecule has 2 heterocycles. The molecule has 164 valence electrons. The van der Waals surface area contributed by atoms with Crippen molar-refractivity contribution in [2.24, 2.45) is 0 Å². The van der Waals surface area contributed by atoms with E-state index in [1.165, 1.54) is 16.4 Å². The van der Waals surface area contributed by atoms with Gasteiger partial charge in [0, 0.05) is 26.2 Å². The van der Waals surface area contributed by atoms with Crippen molar-refractivity contribution in [3.05, 3.63) is 53.1 Å². The van der Waals surface area contributed by atoms with Crippen LogP contribution in [0.1, 0.15) is 23.7 Å². The number of ether oxygens (including phenoxy) is 1. The first-order chi connectivity index (χ1) is 14.8. The molecular weight excluding hydrogens is 442 g/mol. The fourth-order valence-corrected chi connectivity index (χ4v) is 5.31. The molecule has 0 spiro atoms. The average molecular weight is 464 g/mol. The molecule has 2 amide bonds. The van der Waals surface area contributed by atoms with Crippen molar-refractivity contribution in [3.63, 3.8) is 0 Å². The molecule has 4 rings (SSSR count). The summed E-state index contributed by atoms with van der Waals surface area (Å²) >= 11 is 6.11. The SMILES string of the molecule is CC[C@@H]1Oc2ccc(S(=O)(=O)N3CCN(C(=O)c4ccccc4Cl)CC3)cc2NC1=O. The van der Waals surface area contributed by atoms with E-state index < -0.39 is 16.1 Å². The number of rotatable bonds is 4. The van der Waals surface area contributed by atoms with E-state index >= 15 is 0 Å². The summed E-state index contributed by atoms with van der Waals surface area (Å²) in [6.45, 7) is 2.68. The Labute approximate surface area is 185 Å². The molecular formula is C21H22ClN3O5S. The minimum atomic E-state index is -3.79. The first-order valence-corrected chi connectivity index (χ1v) is 11.8. The van der Waals surface area contributed by atoms with Crippen LogP contribution in [-0.4, -0.2) is 61.7 Å². The number of sulfonamides is 1. The zero-order valence-corrected chi connectivity index (χ0v) is 18.4. The van der Waals surface area contributed by atoms with Crippen LogP contribution in [0, 0.1) is 0 Å². The first-order valence-electron chi connectivity index (χ1n) is 9.97. The maximum Gasteiger partial charge on any atom is 0.265 e. The second kappa shape index (κ2) is 8.49. The van der Waals surface area contributed by atoms with Crippen molar-refractivity contribution >= 4 is 39.1 Å². The second-order valence-electron chi connectivity index (χ2n) is 7.34. The smallest absolute Gasteiger partial charge is 0.265 e. The van der Waals surface area contributed by atoms with Crippen LogP contribution in [0.4, 0.5) is 5.69 Å². The number of amides is 2. The zero-order valence-electron chi connectivity index (χ0n) is 16.9. The van der Waals surface area contributed by atoms with E-state index in [1.807, 2.05) is 6.92 Å². The van der Waals surface area contributed by atoms with Crippen molar-refractivity contribution < 1.29 is 22.7 Å². The highest BCUT2D eigenvalue weighted by Gasteiger charge is 2.33. The Morgan fingerprint density at radius 2 is 1.87 bits per heavy atom. The normalized spacial score (nSPS) is 19.4. The molecule has 0 radical (unpaired) electrons. The van der Waals surface area contributed by atoms with Gasteiger partial charge < -0.3 is 15.0 Å². The number of fused-ring (bicyclic) bond motifs is 1. The largest absolute Gasteiger partial charge is 0.478 e. The molecule has 10 heteroatoms. The Kier molecular flexibility index (Phi) is 5.92. The van der Waals surface area contributed by atoms with Gasteiger partial charge in [-0.2, -0.15) is 4.31 Å². The zero-order chi connectivity index (χ0) is 22.2. The van der Waals surface area contributed by atoms with Gasteiger partial charge in [0.15, 0.2) is 6.10 Å². The molecule has 0 aliphatic carbocycles. The molecule has 1 saturated heterocycles. The fourth-order valence-electron chi connectivity index (χ4n) is 3.64. The number of piperazine rings is 1. The Morgan fingerprint density at radius 1 is 1.16 bits per heavy atom. The van der Waals surface area contributed by atoms with Crippen molar-refractivity contribution in [3.8, 4) is 5.75 Å². The summed E-state index contributed by atoms with van der Waals surface area (Å²) in [6.07, 6.45) is -0.0682. The highest BCUT2D eigenvalue weighted by molar-refractivity contribution is 7.89. The Hall–Kier alpha value is -2.62. The standard InChI is InChI=1S/C21H22ClN3O5S/c1-2-18-20(26)23-17-13-14(7-8-19(17)30-18)31(28,29)25-11-9-24(10-12-25)21(27)15-5-3-4-6-16(15)22/h3-8,13,18H,2,9-12H2,1H3,(H,23,26)/t18-/m0/s1. The lowest BCUT2D eigenvalue weighted by Crippen LogP contribution is -2.50. The lowest BCUT2D eigenvalue weighted by molar-refractivity contribution is -0.123. The van der Waals surface area contributed by atoms with Crippen LogP contribution in [0.2, 0.25) is 5.02 Å². The third-order valence-electron chi connectivity index (χ3n) is 5.41. The van der Waals surface area contributed by atoms with Crippen molar-refractivity contribution in [2.45, 2.75) is 24.3 Å². The summed E-state index contributed by atoms with van der Waals surface area (Å²) < 4.78 is 33.2. The lowest BCUT2D eigenvalue weighted by atomic mass is 10.2. The molecule has 2 aromatic rings. The second-order valence-corrected chi connectivity index (χ2v) is 9.68. The summed E-state index contributed by atoms with van der Waals surface area (Å²) in [7, 11) is -3.79. The van der Waals surface area contributed by atoms with Gasteiger partial charge in [0.1, 0.15) is 5.75 Å². The number of carbonyl (C=O) groups is 2. The van der Waals surface area contributed by atoms with Crippen LogP contribution in [0.15, 0.2) is 47.4 Å². The van der Waals surface area contributed by atoms with Crippen molar-refractivity contribution in [2.75, 3.05) is 31.5 Å². The van der Waals surface area contributed by atoms with E-state index in [4.69, 9.17) is 16.3 Å². The van der Waals surface area contributed by atoms with E-state index in [1.54, 1.807) is 35.2 Å². The van der Waals surface area contributed by atoms with Gasteiger partial charge in [-0.1, -0.05) is 30.7 Å². The number of benzene rings is 2. The predicted molar refractivity (Wildman–Crippen MR) is 116 cm³/mol. The highest BCUT2D eigenvalue weighted by Crippen LogP contribution is 2.33. The predicted octanol–water partition coefficient (Wildman–Crippen LogP) is 2.60. The maximum atomic E-state index is 13.1. The topological polar surface area (TPSA) is 96.0 Å². The lowest BCUT2D eigenvalue weighted by Gasteiger charge is -2.34. The maximum absolute atomic E-state index is 13.1. The number of nitrogens with one attached hydrogen (secondary N) is 1. The Bertz CT molecular complexity index is 1130. The highest BCUT2D eigenvalue weighted by atomic mass is 35.5. The van der Waals surface area contributed by atoms with Crippen LogP contribution in [0.25, 0.3) is 0 Å². The summed E-state index contributed by atoms with van der Waals surface area (Å²) in [4.78, 5) is 26.4. The van der Waals surface area contributed by atoms with Crippen LogP contribution in [0.5, 0.6) is 5.75 Å². The number of nitrogens with zero attached hydrogens (tertiary/aromatic N) is 2. The van der Waals surface area contributed by atoms with Gasteiger partial charge in [0.05, 0.1) is 21.2 Å². The molecule has 1 atom stereocenters. The van der Waals surface area contributed by atoms with E-state index in [-0.39, 0.29) is 42.9 Å². The van der Waals surface area contributed by atoms with E-state index in [9.17, 15) is 18.0 Å². The first kappa shape index (κ1) is 21.6. The van der Waals surface area contributed by atoms with Gasteiger partial charge in [-0.25, -0.2) is 8.42 Å². The van der Waals surface area contributed by atoms with Gasteiger partial charge in [0.25, 0.3) is 11.8 Å². The molecule has 0 saturated carbocycles. The van der Waals surface area contributed by atoms with Crippen LogP contribution < -0.4 is 10.1 Å². The fraction of sp³-hybridized carbons (Fsp3) is 0.333. The summed E-state index contributed by atoms with van der Waals surface area (Å²) in [5.74, 6) is -0.0708. The van der Waals surface area contributed by atoms with E-state index in [0.717, 1.165) is 0 Å². The average Bonchev–Trinajstić information content (AvgIpc) is 2.78. The number of halogens is 1. The molecule has 2 aliphatic rings. The molecule has 1 fully saturated rings.